The highest BCUT2D eigenvalue weighted by molar-refractivity contribution is 7.14. The molecule has 2 aromatic heterocycles. The van der Waals surface area contributed by atoms with Crippen molar-refractivity contribution in [3.8, 4) is 5.75 Å². The van der Waals surface area contributed by atoms with Gasteiger partial charge in [-0.1, -0.05) is 18.2 Å². The standard InChI is InChI=1S/C19H17N3O3S/c1-11(23)15-10-26-19(21-15)22-18(24)13-8-14(9-13)25-16-6-2-4-12-5-3-7-20-17(12)16/h2-7,10,13-14H,8-9H2,1H3,(H,21,22,24). The number of thiazole rings is 1. The number of nitrogens with zero attached hydrogens (tertiary/aromatic N) is 2. The van der Waals surface area contributed by atoms with Gasteiger partial charge in [0.05, 0.1) is 0 Å². The number of Topliss-reactive ketones (excluding diaryl/α,β-unsaturated/α-hetero) is 1. The van der Waals surface area contributed by atoms with E-state index in [1.807, 2.05) is 30.3 Å². The molecule has 0 unspecified atom stereocenters. The number of benzene rings is 1. The number of amides is 1. The van der Waals surface area contributed by atoms with Gasteiger partial charge >= 0.3 is 0 Å². The van der Waals surface area contributed by atoms with E-state index in [0.29, 0.717) is 23.7 Å². The van der Waals surface area contributed by atoms with Crippen LogP contribution in [0, 0.1) is 5.92 Å². The minimum Gasteiger partial charge on any atom is -0.488 e. The maximum absolute atomic E-state index is 12.3. The van der Waals surface area contributed by atoms with Crippen molar-refractivity contribution in [2.75, 3.05) is 5.32 Å². The molecule has 0 radical (unpaired) electrons. The van der Waals surface area contributed by atoms with Crippen LogP contribution in [0.15, 0.2) is 41.9 Å². The van der Waals surface area contributed by atoms with Crippen molar-refractivity contribution in [2.45, 2.75) is 25.9 Å². The molecule has 1 amide bonds. The third kappa shape index (κ3) is 3.30. The van der Waals surface area contributed by atoms with E-state index in [2.05, 4.69) is 15.3 Å². The molecule has 1 N–H and O–H groups in total. The fourth-order valence-corrected chi connectivity index (χ4v) is 3.68. The number of nitrogens with one attached hydrogen (secondary N) is 1. The first-order chi connectivity index (χ1) is 12.6. The van der Waals surface area contributed by atoms with Crippen molar-refractivity contribution in [3.05, 3.63) is 47.6 Å². The molecule has 0 saturated heterocycles. The number of para-hydroxylation sites is 1. The monoisotopic (exact) mass is 367 g/mol. The van der Waals surface area contributed by atoms with Crippen molar-refractivity contribution < 1.29 is 14.3 Å². The van der Waals surface area contributed by atoms with Crippen LogP contribution in [0.1, 0.15) is 30.3 Å². The lowest BCUT2D eigenvalue weighted by molar-refractivity contribution is -0.125. The first kappa shape index (κ1) is 16.7. The molecule has 1 fully saturated rings. The zero-order chi connectivity index (χ0) is 18.1. The molecule has 1 saturated carbocycles. The van der Waals surface area contributed by atoms with Gasteiger partial charge in [0.25, 0.3) is 0 Å². The summed E-state index contributed by atoms with van der Waals surface area (Å²) in [6, 6.07) is 9.73. The number of carbonyl (C=O) groups excluding carboxylic acids is 2. The number of fused-ring (bicyclic) bond motifs is 1. The van der Waals surface area contributed by atoms with Gasteiger partial charge in [0.15, 0.2) is 10.9 Å². The van der Waals surface area contributed by atoms with Crippen LogP contribution >= 0.6 is 11.3 Å². The van der Waals surface area contributed by atoms with Crippen LogP contribution in [0.2, 0.25) is 0 Å². The Morgan fingerprint density at radius 3 is 2.81 bits per heavy atom. The minimum absolute atomic E-state index is 0.00225. The molecular weight excluding hydrogens is 350 g/mol. The SMILES string of the molecule is CC(=O)c1csc(NC(=O)C2CC(Oc3cccc4cccnc34)C2)n1. The third-order valence-corrected chi connectivity index (χ3v) is 5.21. The molecule has 1 aliphatic carbocycles. The molecule has 0 spiro atoms. The number of pyridine rings is 1. The Bertz CT molecular complexity index is 974. The Morgan fingerprint density at radius 2 is 2.04 bits per heavy atom. The van der Waals surface area contributed by atoms with Crippen molar-refractivity contribution >= 4 is 39.1 Å². The smallest absolute Gasteiger partial charge is 0.229 e. The summed E-state index contributed by atoms with van der Waals surface area (Å²) in [5, 5.41) is 5.92. The highest BCUT2D eigenvalue weighted by atomic mass is 32.1. The highest BCUT2D eigenvalue weighted by Gasteiger charge is 2.36. The van der Waals surface area contributed by atoms with Crippen molar-refractivity contribution in [1.29, 1.82) is 0 Å². The first-order valence-corrected chi connectivity index (χ1v) is 9.26. The number of carbonyl (C=O) groups is 2. The third-order valence-electron chi connectivity index (χ3n) is 4.45. The van der Waals surface area contributed by atoms with Crippen molar-refractivity contribution in [3.63, 3.8) is 0 Å². The molecule has 7 heteroatoms. The van der Waals surface area contributed by atoms with E-state index in [1.165, 1.54) is 18.3 Å². The van der Waals surface area contributed by atoms with Gasteiger partial charge in [-0.05, 0) is 25.0 Å². The zero-order valence-corrected chi connectivity index (χ0v) is 15.0. The number of ether oxygens (including phenoxy) is 1. The Balaban J connectivity index is 1.34. The van der Waals surface area contributed by atoms with Crippen molar-refractivity contribution in [1.82, 2.24) is 9.97 Å². The van der Waals surface area contributed by atoms with Gasteiger partial charge in [0.1, 0.15) is 23.1 Å². The molecule has 1 aromatic carbocycles. The second kappa shape index (κ2) is 6.84. The summed E-state index contributed by atoms with van der Waals surface area (Å²) in [4.78, 5) is 32.0. The summed E-state index contributed by atoms with van der Waals surface area (Å²) in [5.74, 6) is 0.457. The Labute approximate surface area is 154 Å². The van der Waals surface area contributed by atoms with E-state index >= 15 is 0 Å². The molecule has 4 rings (SSSR count). The maximum atomic E-state index is 12.3. The molecule has 3 aromatic rings. The van der Waals surface area contributed by atoms with E-state index in [-0.39, 0.29) is 23.7 Å². The summed E-state index contributed by atoms with van der Waals surface area (Å²) < 4.78 is 6.03. The van der Waals surface area contributed by atoms with Crippen LogP contribution in [-0.2, 0) is 4.79 Å². The van der Waals surface area contributed by atoms with Gasteiger partial charge in [-0.2, -0.15) is 0 Å². The fraction of sp³-hybridized carbons (Fsp3) is 0.263. The molecule has 2 heterocycles. The lowest BCUT2D eigenvalue weighted by Gasteiger charge is -2.34. The molecule has 26 heavy (non-hydrogen) atoms. The first-order valence-electron chi connectivity index (χ1n) is 8.38. The number of aromatic nitrogens is 2. The van der Waals surface area contributed by atoms with Crippen LogP contribution < -0.4 is 10.1 Å². The van der Waals surface area contributed by atoms with Crippen LogP contribution in [0.25, 0.3) is 10.9 Å². The van der Waals surface area contributed by atoms with Gasteiger partial charge in [0, 0.05) is 29.8 Å². The Hall–Kier alpha value is -2.80. The van der Waals surface area contributed by atoms with Gasteiger partial charge in [0.2, 0.25) is 5.91 Å². The van der Waals surface area contributed by atoms with Crippen LogP contribution in [0.5, 0.6) is 5.75 Å². The molecule has 1 aliphatic rings. The normalized spacial score (nSPS) is 19.0. The Morgan fingerprint density at radius 1 is 1.23 bits per heavy atom. The topological polar surface area (TPSA) is 81.2 Å². The van der Waals surface area contributed by atoms with Gasteiger partial charge in [-0.3, -0.25) is 14.6 Å². The average molecular weight is 367 g/mol. The summed E-state index contributed by atoms with van der Waals surface area (Å²) in [6.07, 6.45) is 3.05. The predicted octanol–water partition coefficient (Wildman–Crippen LogP) is 3.69. The molecule has 0 atom stereocenters. The maximum Gasteiger partial charge on any atom is 0.229 e. The van der Waals surface area contributed by atoms with Crippen LogP contribution in [0.4, 0.5) is 5.13 Å². The Kier molecular flexibility index (Phi) is 4.38. The van der Waals surface area contributed by atoms with Gasteiger partial charge < -0.3 is 10.1 Å². The number of ketones is 1. The summed E-state index contributed by atoms with van der Waals surface area (Å²) in [7, 11) is 0. The number of hydrogen-bond donors (Lipinski definition) is 1. The largest absolute Gasteiger partial charge is 0.488 e. The summed E-state index contributed by atoms with van der Waals surface area (Å²) in [5.41, 5.74) is 1.21. The summed E-state index contributed by atoms with van der Waals surface area (Å²) in [6.45, 7) is 1.46. The van der Waals surface area contributed by atoms with E-state index < -0.39 is 0 Å². The molecular formula is C19H17N3O3S. The molecule has 132 valence electrons. The quantitative estimate of drug-likeness (QED) is 0.696. The number of rotatable bonds is 5. The zero-order valence-electron chi connectivity index (χ0n) is 14.1. The van der Waals surface area contributed by atoms with E-state index in [0.717, 1.165) is 16.7 Å². The van der Waals surface area contributed by atoms with E-state index in [9.17, 15) is 9.59 Å². The fourth-order valence-electron chi connectivity index (χ4n) is 2.93. The van der Waals surface area contributed by atoms with Crippen molar-refractivity contribution in [2.24, 2.45) is 5.92 Å². The average Bonchev–Trinajstić information content (AvgIpc) is 3.06. The minimum atomic E-state index is -0.109. The number of hydrogen-bond acceptors (Lipinski definition) is 6. The van der Waals surface area contributed by atoms with E-state index in [1.54, 1.807) is 11.6 Å². The second-order valence-electron chi connectivity index (χ2n) is 6.32. The highest BCUT2D eigenvalue weighted by Crippen LogP contribution is 2.34. The van der Waals surface area contributed by atoms with Gasteiger partial charge in [-0.25, -0.2) is 4.98 Å². The predicted molar refractivity (Wildman–Crippen MR) is 99.6 cm³/mol. The lowest BCUT2D eigenvalue weighted by atomic mass is 9.81. The molecule has 6 nitrogen and oxygen atoms in total. The summed E-state index contributed by atoms with van der Waals surface area (Å²) >= 11 is 1.26. The van der Waals surface area contributed by atoms with E-state index in [4.69, 9.17) is 4.74 Å². The van der Waals surface area contributed by atoms with Gasteiger partial charge in [-0.15, -0.1) is 11.3 Å². The molecule has 0 aliphatic heterocycles. The van der Waals surface area contributed by atoms with Crippen LogP contribution in [-0.4, -0.2) is 27.8 Å². The van der Waals surface area contributed by atoms with Crippen LogP contribution in [0.3, 0.4) is 0 Å². The number of anilines is 1. The molecule has 0 bridgehead atoms. The lowest BCUT2D eigenvalue weighted by Crippen LogP contribution is -2.40. The second-order valence-corrected chi connectivity index (χ2v) is 7.18.